The number of H-pyrrole nitrogens is 1. The summed E-state index contributed by atoms with van der Waals surface area (Å²) in [7, 11) is 0. The lowest BCUT2D eigenvalue weighted by Gasteiger charge is -2.19. The van der Waals surface area contributed by atoms with E-state index in [1.165, 1.54) is 0 Å². The summed E-state index contributed by atoms with van der Waals surface area (Å²) in [6.07, 6.45) is 2.09. The van der Waals surface area contributed by atoms with Gasteiger partial charge < -0.3 is 4.98 Å². The van der Waals surface area contributed by atoms with E-state index in [4.69, 9.17) is 4.84 Å². The van der Waals surface area contributed by atoms with E-state index in [0.29, 0.717) is 17.4 Å². The van der Waals surface area contributed by atoms with Gasteiger partial charge in [-0.05, 0) is 40.5 Å². The van der Waals surface area contributed by atoms with Crippen molar-refractivity contribution in [3.05, 3.63) is 27.4 Å². The molecule has 0 spiro atoms. The van der Waals surface area contributed by atoms with Crippen molar-refractivity contribution in [2.24, 2.45) is 0 Å². The maximum atomic E-state index is 11.9. The zero-order valence-corrected chi connectivity index (χ0v) is 11.7. The molecule has 6 nitrogen and oxygen atoms in total. The highest BCUT2D eigenvalue weighted by molar-refractivity contribution is 5.94. The molecular formula is C13H19N3O3. The lowest BCUT2D eigenvalue weighted by Crippen LogP contribution is -2.37. The van der Waals surface area contributed by atoms with Crippen LogP contribution in [0.5, 0.6) is 0 Å². The van der Waals surface area contributed by atoms with Crippen LogP contribution in [0, 0.1) is 6.92 Å². The number of nitrogens with one attached hydrogen (secondary N) is 2. The number of aryl methyl sites for hydroxylation is 1. The van der Waals surface area contributed by atoms with Gasteiger partial charge >= 0.3 is 0 Å². The maximum absolute atomic E-state index is 11.9. The molecule has 1 aromatic rings. The van der Waals surface area contributed by atoms with Gasteiger partial charge in [0.05, 0.1) is 11.3 Å². The molecule has 104 valence electrons. The predicted molar refractivity (Wildman–Crippen MR) is 69.9 cm³/mol. The van der Waals surface area contributed by atoms with Gasteiger partial charge in [-0.15, -0.1) is 0 Å². The number of nitrogens with zero attached hydrogens (tertiary/aromatic N) is 1. The first-order valence-corrected chi connectivity index (χ1v) is 6.37. The van der Waals surface area contributed by atoms with Gasteiger partial charge in [-0.3, -0.25) is 14.4 Å². The molecular weight excluding hydrogens is 246 g/mol. The van der Waals surface area contributed by atoms with Crippen LogP contribution in [0.25, 0.3) is 0 Å². The summed E-state index contributed by atoms with van der Waals surface area (Å²) in [6, 6.07) is 0. The van der Waals surface area contributed by atoms with Crippen LogP contribution in [-0.4, -0.2) is 21.5 Å². The van der Waals surface area contributed by atoms with Crippen molar-refractivity contribution in [3.8, 4) is 0 Å². The number of carbonyl (C=O) groups is 1. The zero-order valence-electron chi connectivity index (χ0n) is 11.7. The summed E-state index contributed by atoms with van der Waals surface area (Å²) in [4.78, 5) is 36.0. The van der Waals surface area contributed by atoms with E-state index in [2.05, 4.69) is 15.4 Å². The normalized spacial score (nSPS) is 15.4. The van der Waals surface area contributed by atoms with E-state index >= 15 is 0 Å². The Labute approximate surface area is 111 Å². The molecule has 0 radical (unpaired) electrons. The van der Waals surface area contributed by atoms with E-state index in [1.54, 1.807) is 27.7 Å². The molecule has 0 aliphatic heterocycles. The number of hydrogen-bond donors (Lipinski definition) is 2. The van der Waals surface area contributed by atoms with Gasteiger partial charge in [-0.2, -0.15) is 0 Å². The Morgan fingerprint density at radius 3 is 2.53 bits per heavy atom. The first kappa shape index (κ1) is 13.7. The Bertz CT molecular complexity index is 553. The second-order valence-corrected chi connectivity index (χ2v) is 5.83. The fourth-order valence-electron chi connectivity index (χ4n) is 1.68. The minimum Gasteiger partial charge on any atom is -0.310 e. The highest BCUT2D eigenvalue weighted by Crippen LogP contribution is 2.37. The van der Waals surface area contributed by atoms with Crippen LogP contribution in [0.3, 0.4) is 0 Å². The Morgan fingerprint density at radius 2 is 2.05 bits per heavy atom. The van der Waals surface area contributed by atoms with E-state index < -0.39 is 17.1 Å². The monoisotopic (exact) mass is 265 g/mol. The fourth-order valence-corrected chi connectivity index (χ4v) is 1.68. The molecule has 0 aromatic carbocycles. The average Bonchev–Trinajstić information content (AvgIpc) is 3.07. The number of rotatable bonds is 3. The number of aromatic nitrogens is 2. The summed E-state index contributed by atoms with van der Waals surface area (Å²) in [6.45, 7) is 7.07. The van der Waals surface area contributed by atoms with Crippen LogP contribution in [0.4, 0.5) is 0 Å². The number of hydrogen-bond acceptors (Lipinski definition) is 4. The molecule has 2 N–H and O–H groups in total. The molecule has 1 amide bonds. The number of amides is 1. The standard InChI is InChI=1S/C13H19N3O3/c1-7-9(12(18)16-19-13(2,3)4)11(17)15-10(14-7)8-5-6-8/h8H,5-6H2,1-4H3,(H,16,18)(H,14,15,17). The highest BCUT2D eigenvalue weighted by atomic mass is 16.7. The lowest BCUT2D eigenvalue weighted by atomic mass is 10.2. The van der Waals surface area contributed by atoms with Crippen LogP contribution in [-0.2, 0) is 4.84 Å². The Balaban J connectivity index is 2.20. The second kappa shape index (κ2) is 4.77. The highest BCUT2D eigenvalue weighted by Gasteiger charge is 2.28. The van der Waals surface area contributed by atoms with Crippen LogP contribution in [0.1, 0.15) is 61.4 Å². The fraction of sp³-hybridized carbons (Fsp3) is 0.615. The van der Waals surface area contributed by atoms with Gasteiger partial charge in [0.15, 0.2) is 0 Å². The van der Waals surface area contributed by atoms with Gasteiger partial charge in [0.1, 0.15) is 11.4 Å². The summed E-state index contributed by atoms with van der Waals surface area (Å²) in [5.41, 5.74) is 1.80. The molecule has 0 saturated heterocycles. The maximum Gasteiger partial charge on any atom is 0.282 e. The smallest absolute Gasteiger partial charge is 0.282 e. The van der Waals surface area contributed by atoms with Gasteiger partial charge in [-0.25, -0.2) is 10.5 Å². The summed E-state index contributed by atoms with van der Waals surface area (Å²) in [5, 5.41) is 0. The third-order valence-electron chi connectivity index (χ3n) is 2.76. The Kier molecular flexibility index (Phi) is 3.45. The number of hydroxylamine groups is 1. The van der Waals surface area contributed by atoms with Crippen molar-refractivity contribution >= 4 is 5.91 Å². The van der Waals surface area contributed by atoms with Crippen LogP contribution in [0.2, 0.25) is 0 Å². The van der Waals surface area contributed by atoms with Crippen molar-refractivity contribution < 1.29 is 9.63 Å². The zero-order chi connectivity index (χ0) is 14.2. The van der Waals surface area contributed by atoms with Crippen LogP contribution >= 0.6 is 0 Å². The van der Waals surface area contributed by atoms with Crippen LogP contribution in [0.15, 0.2) is 4.79 Å². The minimum absolute atomic E-state index is 0.00801. The molecule has 0 atom stereocenters. The largest absolute Gasteiger partial charge is 0.310 e. The van der Waals surface area contributed by atoms with Gasteiger partial charge in [-0.1, -0.05) is 0 Å². The van der Waals surface area contributed by atoms with Crippen molar-refractivity contribution in [1.29, 1.82) is 0 Å². The lowest BCUT2D eigenvalue weighted by molar-refractivity contribution is -0.0590. The molecule has 1 aliphatic rings. The summed E-state index contributed by atoms with van der Waals surface area (Å²) < 4.78 is 0. The van der Waals surface area contributed by atoms with Crippen molar-refractivity contribution in [1.82, 2.24) is 15.4 Å². The minimum atomic E-state index is -0.566. The molecule has 0 unspecified atom stereocenters. The van der Waals surface area contributed by atoms with Crippen LogP contribution < -0.4 is 11.0 Å². The van der Waals surface area contributed by atoms with Crippen molar-refractivity contribution in [3.63, 3.8) is 0 Å². The van der Waals surface area contributed by atoms with Gasteiger partial charge in [0, 0.05) is 5.92 Å². The SMILES string of the molecule is Cc1nc(C2CC2)[nH]c(=O)c1C(=O)NOC(C)(C)C. The third-order valence-corrected chi connectivity index (χ3v) is 2.76. The molecule has 1 aromatic heterocycles. The molecule has 1 fully saturated rings. The molecule has 1 saturated carbocycles. The number of aromatic amines is 1. The van der Waals surface area contributed by atoms with Crippen molar-refractivity contribution in [2.75, 3.05) is 0 Å². The first-order valence-electron chi connectivity index (χ1n) is 6.37. The quantitative estimate of drug-likeness (QED) is 0.809. The third kappa shape index (κ3) is 3.41. The number of carbonyl (C=O) groups excluding carboxylic acids is 1. The molecule has 19 heavy (non-hydrogen) atoms. The molecule has 2 rings (SSSR count). The Morgan fingerprint density at radius 1 is 1.42 bits per heavy atom. The Hall–Kier alpha value is -1.69. The van der Waals surface area contributed by atoms with Gasteiger partial charge in [0.25, 0.3) is 11.5 Å². The van der Waals surface area contributed by atoms with E-state index in [-0.39, 0.29) is 5.56 Å². The molecule has 1 heterocycles. The topological polar surface area (TPSA) is 84.1 Å². The molecule has 1 aliphatic carbocycles. The van der Waals surface area contributed by atoms with E-state index in [9.17, 15) is 9.59 Å². The first-order chi connectivity index (χ1) is 8.78. The van der Waals surface area contributed by atoms with E-state index in [0.717, 1.165) is 12.8 Å². The molecule has 0 bridgehead atoms. The summed E-state index contributed by atoms with van der Waals surface area (Å²) in [5.74, 6) is 0.452. The molecule has 6 heteroatoms. The van der Waals surface area contributed by atoms with Gasteiger partial charge in [0.2, 0.25) is 0 Å². The second-order valence-electron chi connectivity index (χ2n) is 5.83. The summed E-state index contributed by atoms with van der Waals surface area (Å²) >= 11 is 0. The van der Waals surface area contributed by atoms with Crippen molar-refractivity contribution in [2.45, 2.75) is 52.1 Å². The van der Waals surface area contributed by atoms with E-state index in [1.807, 2.05) is 0 Å². The average molecular weight is 265 g/mol. The predicted octanol–water partition coefficient (Wildman–Crippen LogP) is 1.42.